The second-order valence-corrected chi connectivity index (χ2v) is 7.03. The Morgan fingerprint density at radius 1 is 1.11 bits per heavy atom. The summed E-state index contributed by atoms with van der Waals surface area (Å²) in [4.78, 5) is 29.2. The molecule has 0 atom stereocenters. The molecule has 27 heavy (non-hydrogen) atoms. The molecule has 2 aromatic heterocycles. The molecule has 2 N–H and O–H groups in total. The van der Waals surface area contributed by atoms with E-state index in [1.165, 1.54) is 12.8 Å². The van der Waals surface area contributed by atoms with Gasteiger partial charge in [0.2, 0.25) is 0 Å². The van der Waals surface area contributed by atoms with Gasteiger partial charge in [-0.2, -0.15) is 0 Å². The van der Waals surface area contributed by atoms with Gasteiger partial charge in [-0.3, -0.25) is 9.59 Å². The highest BCUT2D eigenvalue weighted by atomic mass is 16.2. The molecule has 0 unspecified atom stereocenters. The molecule has 2 amide bonds. The lowest BCUT2D eigenvalue weighted by atomic mass is 10.1. The minimum atomic E-state index is -0.273. The van der Waals surface area contributed by atoms with Crippen LogP contribution in [-0.2, 0) is 0 Å². The van der Waals surface area contributed by atoms with E-state index in [-0.39, 0.29) is 17.9 Å². The number of imidazole rings is 1. The Morgan fingerprint density at radius 3 is 2.67 bits per heavy atom. The molecule has 0 radical (unpaired) electrons. The highest BCUT2D eigenvalue weighted by Gasteiger charge is 2.18. The van der Waals surface area contributed by atoms with Gasteiger partial charge < -0.3 is 15.0 Å². The Morgan fingerprint density at radius 2 is 1.93 bits per heavy atom. The van der Waals surface area contributed by atoms with E-state index in [0.29, 0.717) is 16.9 Å². The highest BCUT2D eigenvalue weighted by molar-refractivity contribution is 6.04. The summed E-state index contributed by atoms with van der Waals surface area (Å²) >= 11 is 0. The molecule has 0 aliphatic heterocycles. The Hall–Kier alpha value is -3.15. The average Bonchev–Trinajstić information content (AvgIpc) is 3.32. The summed E-state index contributed by atoms with van der Waals surface area (Å²) in [6, 6.07) is 11.2. The maximum Gasteiger partial charge on any atom is 0.275 e. The van der Waals surface area contributed by atoms with E-state index < -0.39 is 0 Å². The summed E-state index contributed by atoms with van der Waals surface area (Å²) in [5.41, 5.74) is 3.20. The smallest absolute Gasteiger partial charge is 0.275 e. The van der Waals surface area contributed by atoms with Gasteiger partial charge in [-0.15, -0.1) is 0 Å². The minimum Gasteiger partial charge on any atom is -0.349 e. The quantitative estimate of drug-likeness (QED) is 0.745. The van der Waals surface area contributed by atoms with Gasteiger partial charge in [0.1, 0.15) is 11.3 Å². The predicted molar refractivity (Wildman–Crippen MR) is 104 cm³/mol. The molecule has 0 spiro atoms. The van der Waals surface area contributed by atoms with Gasteiger partial charge in [-0.1, -0.05) is 18.9 Å². The first-order valence-electron chi connectivity index (χ1n) is 9.27. The fourth-order valence-corrected chi connectivity index (χ4v) is 3.51. The van der Waals surface area contributed by atoms with Crippen molar-refractivity contribution in [2.45, 2.75) is 38.6 Å². The second-order valence-electron chi connectivity index (χ2n) is 7.03. The van der Waals surface area contributed by atoms with E-state index in [1.54, 1.807) is 22.7 Å². The summed E-state index contributed by atoms with van der Waals surface area (Å²) < 4.78 is 1.80. The summed E-state index contributed by atoms with van der Waals surface area (Å²) in [7, 11) is 0. The summed E-state index contributed by atoms with van der Waals surface area (Å²) in [5, 5.41) is 5.96. The zero-order valence-electron chi connectivity index (χ0n) is 15.2. The topological polar surface area (TPSA) is 75.5 Å². The van der Waals surface area contributed by atoms with E-state index in [4.69, 9.17) is 0 Å². The van der Waals surface area contributed by atoms with Crippen molar-refractivity contribution in [2.24, 2.45) is 0 Å². The Bertz CT molecular complexity index is 969. The van der Waals surface area contributed by atoms with Crippen LogP contribution in [0.5, 0.6) is 0 Å². The fraction of sp³-hybridized carbons (Fsp3) is 0.286. The van der Waals surface area contributed by atoms with E-state index in [0.717, 1.165) is 24.1 Å². The van der Waals surface area contributed by atoms with Crippen LogP contribution in [0.15, 0.2) is 48.8 Å². The SMILES string of the molecule is Cc1cc(C(=O)NC2CCCC2)ccc1NC(=O)c1cn2ccccc2n1. The zero-order chi connectivity index (χ0) is 18.8. The number of benzene rings is 1. The van der Waals surface area contributed by atoms with Crippen molar-refractivity contribution >= 4 is 23.1 Å². The van der Waals surface area contributed by atoms with Gasteiger partial charge in [0, 0.05) is 29.7 Å². The maximum absolute atomic E-state index is 12.5. The second kappa shape index (κ2) is 7.23. The number of carbonyl (C=O) groups excluding carboxylic acids is 2. The molecule has 6 nitrogen and oxygen atoms in total. The minimum absolute atomic E-state index is 0.0526. The third-order valence-electron chi connectivity index (χ3n) is 5.02. The van der Waals surface area contributed by atoms with Crippen LogP contribution in [0.25, 0.3) is 5.65 Å². The van der Waals surface area contributed by atoms with Crippen LogP contribution in [0.1, 0.15) is 52.1 Å². The number of hydrogen-bond acceptors (Lipinski definition) is 3. The summed E-state index contributed by atoms with van der Waals surface area (Å²) in [5.74, 6) is -0.326. The van der Waals surface area contributed by atoms with Crippen molar-refractivity contribution in [1.82, 2.24) is 14.7 Å². The molecule has 0 bridgehead atoms. The number of fused-ring (bicyclic) bond motifs is 1. The van der Waals surface area contributed by atoms with Crippen LogP contribution in [-0.4, -0.2) is 27.2 Å². The number of hydrogen-bond donors (Lipinski definition) is 2. The molecule has 3 aromatic rings. The molecule has 1 aliphatic carbocycles. The summed E-state index contributed by atoms with van der Waals surface area (Å²) in [6.07, 6.45) is 8.01. The van der Waals surface area contributed by atoms with Gasteiger partial charge in [-0.05, 0) is 55.7 Å². The number of nitrogens with one attached hydrogen (secondary N) is 2. The van der Waals surface area contributed by atoms with Crippen LogP contribution >= 0.6 is 0 Å². The van der Waals surface area contributed by atoms with E-state index in [1.807, 2.05) is 37.4 Å². The number of aryl methyl sites for hydroxylation is 1. The molecule has 1 aromatic carbocycles. The molecule has 0 saturated heterocycles. The van der Waals surface area contributed by atoms with Crippen molar-refractivity contribution in [3.8, 4) is 0 Å². The lowest BCUT2D eigenvalue weighted by molar-refractivity contribution is 0.0937. The zero-order valence-corrected chi connectivity index (χ0v) is 15.2. The molecule has 1 fully saturated rings. The van der Waals surface area contributed by atoms with Gasteiger partial charge in [0.25, 0.3) is 11.8 Å². The number of amides is 2. The van der Waals surface area contributed by atoms with Crippen LogP contribution in [0.2, 0.25) is 0 Å². The third kappa shape index (κ3) is 3.69. The normalized spacial score (nSPS) is 14.4. The Balaban J connectivity index is 1.47. The Labute approximate surface area is 157 Å². The lowest BCUT2D eigenvalue weighted by Gasteiger charge is -2.13. The number of nitrogens with zero attached hydrogens (tertiary/aromatic N) is 2. The Kier molecular flexibility index (Phi) is 4.62. The van der Waals surface area contributed by atoms with Gasteiger partial charge in [-0.25, -0.2) is 4.98 Å². The average molecular weight is 362 g/mol. The third-order valence-corrected chi connectivity index (χ3v) is 5.02. The van der Waals surface area contributed by atoms with Crippen LogP contribution in [0.4, 0.5) is 5.69 Å². The monoisotopic (exact) mass is 362 g/mol. The maximum atomic E-state index is 12.5. The van der Waals surface area contributed by atoms with E-state index in [9.17, 15) is 9.59 Å². The molecule has 4 rings (SSSR count). The van der Waals surface area contributed by atoms with E-state index >= 15 is 0 Å². The molecule has 2 heterocycles. The van der Waals surface area contributed by atoms with Gasteiger partial charge >= 0.3 is 0 Å². The first-order valence-corrected chi connectivity index (χ1v) is 9.27. The van der Waals surface area contributed by atoms with Crippen molar-refractivity contribution in [3.05, 3.63) is 65.6 Å². The molecular weight excluding hydrogens is 340 g/mol. The molecule has 1 saturated carbocycles. The first kappa shape index (κ1) is 17.3. The molecule has 138 valence electrons. The molecule has 6 heteroatoms. The molecule has 1 aliphatic rings. The standard InChI is InChI=1S/C21H22N4O2/c1-14-12-15(20(26)22-16-6-2-3-7-16)9-10-17(14)24-21(27)18-13-25-11-5-4-8-19(25)23-18/h4-5,8-13,16H,2-3,6-7H2,1H3,(H,22,26)(H,24,27). The van der Waals surface area contributed by atoms with Gasteiger partial charge in [0.05, 0.1) is 0 Å². The number of anilines is 1. The highest BCUT2D eigenvalue weighted by Crippen LogP contribution is 2.20. The fourth-order valence-electron chi connectivity index (χ4n) is 3.51. The predicted octanol–water partition coefficient (Wildman–Crippen LogP) is 3.57. The van der Waals surface area contributed by atoms with Crippen molar-refractivity contribution in [1.29, 1.82) is 0 Å². The summed E-state index contributed by atoms with van der Waals surface area (Å²) in [6.45, 7) is 1.88. The first-order chi connectivity index (χ1) is 13.1. The lowest BCUT2D eigenvalue weighted by Crippen LogP contribution is -2.32. The van der Waals surface area contributed by atoms with Crippen molar-refractivity contribution in [3.63, 3.8) is 0 Å². The van der Waals surface area contributed by atoms with Crippen molar-refractivity contribution < 1.29 is 9.59 Å². The van der Waals surface area contributed by atoms with E-state index in [2.05, 4.69) is 15.6 Å². The number of aromatic nitrogens is 2. The van der Waals surface area contributed by atoms with Crippen molar-refractivity contribution in [2.75, 3.05) is 5.32 Å². The van der Waals surface area contributed by atoms with Crippen LogP contribution < -0.4 is 10.6 Å². The van der Waals surface area contributed by atoms with Crippen LogP contribution in [0.3, 0.4) is 0 Å². The largest absolute Gasteiger partial charge is 0.349 e. The van der Waals surface area contributed by atoms with Crippen LogP contribution in [0, 0.1) is 6.92 Å². The molecular formula is C21H22N4O2. The van der Waals surface area contributed by atoms with Gasteiger partial charge in [0.15, 0.2) is 0 Å². The number of carbonyl (C=O) groups is 2. The number of pyridine rings is 1. The number of rotatable bonds is 4.